The summed E-state index contributed by atoms with van der Waals surface area (Å²) in [6, 6.07) is 3.83. The van der Waals surface area contributed by atoms with E-state index in [9.17, 15) is 8.42 Å². The summed E-state index contributed by atoms with van der Waals surface area (Å²) in [6.07, 6.45) is 3.55. The van der Waals surface area contributed by atoms with Gasteiger partial charge in [-0.05, 0) is 37.9 Å². The first-order chi connectivity index (χ1) is 10.6. The summed E-state index contributed by atoms with van der Waals surface area (Å²) in [6.45, 7) is 2.19. The van der Waals surface area contributed by atoms with Gasteiger partial charge in [-0.2, -0.15) is 4.31 Å². The minimum atomic E-state index is -3.53. The second-order valence-corrected chi connectivity index (χ2v) is 8.93. The molecule has 4 rings (SSSR count). The number of hydrogen-bond acceptors (Lipinski definition) is 4. The molecule has 3 aliphatic heterocycles. The Balaban J connectivity index is 1.82. The Hall–Kier alpha value is -0.630. The maximum Gasteiger partial charge on any atom is 0.247 e. The molecule has 1 N–H and O–H groups in total. The quantitative estimate of drug-likeness (QED) is 0.842. The van der Waals surface area contributed by atoms with Crippen molar-refractivity contribution in [2.75, 3.05) is 19.7 Å². The highest BCUT2D eigenvalue weighted by Gasteiger charge is 2.44. The minimum absolute atomic E-state index is 0.0635. The Morgan fingerprint density at radius 1 is 1.23 bits per heavy atom. The van der Waals surface area contributed by atoms with Crippen molar-refractivity contribution in [3.63, 3.8) is 0 Å². The van der Waals surface area contributed by atoms with E-state index in [-0.39, 0.29) is 12.1 Å². The van der Waals surface area contributed by atoms with Crippen LogP contribution in [0.4, 0.5) is 0 Å². The molecule has 2 atom stereocenters. The number of hydrogen-bond donors (Lipinski definition) is 1. The first-order valence-corrected chi connectivity index (χ1v) is 10.00. The summed E-state index contributed by atoms with van der Waals surface area (Å²) in [5.74, 6) is 0.555. The van der Waals surface area contributed by atoms with Crippen LogP contribution in [0.2, 0.25) is 0 Å². The molecule has 120 valence electrons. The van der Waals surface area contributed by atoms with Crippen molar-refractivity contribution in [3.8, 4) is 5.75 Å². The molecule has 0 saturated carbocycles. The topological polar surface area (TPSA) is 58.6 Å². The molecule has 0 aliphatic carbocycles. The number of ether oxygens (including phenoxy) is 1. The van der Waals surface area contributed by atoms with Crippen LogP contribution in [0.15, 0.2) is 21.5 Å². The molecule has 0 spiro atoms. The van der Waals surface area contributed by atoms with Crippen LogP contribution < -0.4 is 10.1 Å². The molecule has 3 heterocycles. The van der Waals surface area contributed by atoms with Gasteiger partial charge in [0.05, 0.1) is 6.61 Å². The van der Waals surface area contributed by atoms with E-state index in [1.807, 2.05) is 6.07 Å². The number of rotatable bonds is 2. The van der Waals surface area contributed by atoms with Crippen molar-refractivity contribution >= 4 is 26.0 Å². The molecule has 3 aliphatic rings. The van der Waals surface area contributed by atoms with Gasteiger partial charge in [0.25, 0.3) is 0 Å². The predicted octanol–water partition coefficient (Wildman–Crippen LogP) is 1.90. The minimum Gasteiger partial charge on any atom is -0.492 e. The van der Waals surface area contributed by atoms with Crippen LogP contribution in [0.5, 0.6) is 5.75 Å². The van der Waals surface area contributed by atoms with Crippen molar-refractivity contribution in [1.29, 1.82) is 0 Å². The van der Waals surface area contributed by atoms with Gasteiger partial charge in [0, 0.05) is 35.1 Å². The number of nitrogens with one attached hydrogen (secondary N) is 1. The Kier molecular flexibility index (Phi) is 3.71. The maximum absolute atomic E-state index is 13.3. The van der Waals surface area contributed by atoms with E-state index < -0.39 is 10.0 Å². The van der Waals surface area contributed by atoms with Crippen molar-refractivity contribution < 1.29 is 13.2 Å². The van der Waals surface area contributed by atoms with Crippen LogP contribution in [0.1, 0.15) is 24.8 Å². The van der Waals surface area contributed by atoms with Crippen LogP contribution in [0, 0.1) is 0 Å². The van der Waals surface area contributed by atoms with E-state index in [0.717, 1.165) is 48.8 Å². The van der Waals surface area contributed by atoms with Crippen molar-refractivity contribution in [2.45, 2.75) is 42.7 Å². The third-order valence-corrected chi connectivity index (χ3v) is 7.33. The first kappa shape index (κ1) is 14.9. The lowest BCUT2D eigenvalue weighted by Gasteiger charge is -2.27. The molecule has 1 aromatic rings. The molecule has 5 nitrogen and oxygen atoms in total. The molecule has 0 amide bonds. The van der Waals surface area contributed by atoms with E-state index in [1.165, 1.54) is 0 Å². The summed E-state index contributed by atoms with van der Waals surface area (Å²) < 4.78 is 34.8. The van der Waals surface area contributed by atoms with E-state index in [2.05, 4.69) is 21.2 Å². The molecule has 7 heteroatoms. The molecule has 2 unspecified atom stereocenters. The summed E-state index contributed by atoms with van der Waals surface area (Å²) in [7, 11) is -3.53. The molecule has 22 heavy (non-hydrogen) atoms. The lowest BCUT2D eigenvalue weighted by atomic mass is 10.1. The highest BCUT2D eigenvalue weighted by Crippen LogP contribution is 2.41. The Morgan fingerprint density at radius 3 is 2.91 bits per heavy atom. The Labute approximate surface area is 139 Å². The number of sulfonamides is 1. The van der Waals surface area contributed by atoms with Crippen LogP contribution in [0.25, 0.3) is 0 Å². The van der Waals surface area contributed by atoms with Gasteiger partial charge in [-0.1, -0.05) is 15.9 Å². The summed E-state index contributed by atoms with van der Waals surface area (Å²) >= 11 is 3.44. The largest absolute Gasteiger partial charge is 0.492 e. The average molecular weight is 387 g/mol. The van der Waals surface area contributed by atoms with Gasteiger partial charge < -0.3 is 10.1 Å². The standard InChI is InChI=1S/C15H19BrN2O3S/c16-11-7-10-4-6-21-15(10)14(8-11)22(19,20)18-12-1-2-13(18)9-17-5-3-12/h7-8,12-13,17H,1-6,9H2. The van der Waals surface area contributed by atoms with Gasteiger partial charge in [0.1, 0.15) is 10.6 Å². The highest BCUT2D eigenvalue weighted by molar-refractivity contribution is 9.10. The lowest BCUT2D eigenvalue weighted by molar-refractivity contribution is 0.325. The smallest absolute Gasteiger partial charge is 0.247 e. The third-order valence-electron chi connectivity index (χ3n) is 4.86. The van der Waals surface area contributed by atoms with Gasteiger partial charge in [-0.15, -0.1) is 0 Å². The fourth-order valence-corrected chi connectivity index (χ4v) is 6.63. The van der Waals surface area contributed by atoms with Crippen molar-refractivity contribution in [1.82, 2.24) is 9.62 Å². The van der Waals surface area contributed by atoms with Crippen LogP contribution in [-0.4, -0.2) is 44.5 Å². The summed E-state index contributed by atoms with van der Waals surface area (Å²) in [4.78, 5) is 0.327. The van der Waals surface area contributed by atoms with Gasteiger partial charge in [-0.3, -0.25) is 0 Å². The van der Waals surface area contributed by atoms with E-state index in [4.69, 9.17) is 4.74 Å². The average Bonchev–Trinajstić information content (AvgIpc) is 3.01. The van der Waals surface area contributed by atoms with Crippen LogP contribution in [0.3, 0.4) is 0 Å². The normalized spacial score (nSPS) is 28.2. The SMILES string of the molecule is O=S(=O)(c1cc(Br)cc2c1OCC2)N1C2CCNCC1CC2. The second-order valence-electron chi connectivity index (χ2n) is 6.20. The van der Waals surface area contributed by atoms with Crippen molar-refractivity contribution in [3.05, 3.63) is 22.2 Å². The molecular formula is C15H19BrN2O3S. The first-order valence-electron chi connectivity index (χ1n) is 7.77. The lowest BCUT2D eigenvalue weighted by Crippen LogP contribution is -2.42. The summed E-state index contributed by atoms with van der Waals surface area (Å²) in [5.41, 5.74) is 0.980. The fourth-order valence-electron chi connectivity index (χ4n) is 3.87. The molecule has 0 aromatic heterocycles. The maximum atomic E-state index is 13.3. The number of nitrogens with zero attached hydrogens (tertiary/aromatic N) is 1. The molecule has 0 radical (unpaired) electrons. The Bertz CT molecular complexity index is 693. The van der Waals surface area contributed by atoms with Gasteiger partial charge in [0.15, 0.2) is 0 Å². The number of fused-ring (bicyclic) bond motifs is 3. The van der Waals surface area contributed by atoms with Gasteiger partial charge in [0.2, 0.25) is 10.0 Å². The highest BCUT2D eigenvalue weighted by atomic mass is 79.9. The van der Waals surface area contributed by atoms with Gasteiger partial charge >= 0.3 is 0 Å². The number of benzene rings is 1. The van der Waals surface area contributed by atoms with Gasteiger partial charge in [-0.25, -0.2) is 8.42 Å². The predicted molar refractivity (Wildman–Crippen MR) is 86.7 cm³/mol. The monoisotopic (exact) mass is 386 g/mol. The molecule has 2 bridgehead atoms. The Morgan fingerprint density at radius 2 is 2.05 bits per heavy atom. The van der Waals surface area contributed by atoms with E-state index in [0.29, 0.717) is 17.3 Å². The fraction of sp³-hybridized carbons (Fsp3) is 0.600. The van der Waals surface area contributed by atoms with Crippen LogP contribution >= 0.6 is 15.9 Å². The van der Waals surface area contributed by atoms with Crippen molar-refractivity contribution in [2.24, 2.45) is 0 Å². The van der Waals surface area contributed by atoms with E-state index >= 15 is 0 Å². The van der Waals surface area contributed by atoms with E-state index in [1.54, 1.807) is 10.4 Å². The summed E-state index contributed by atoms with van der Waals surface area (Å²) in [5, 5.41) is 3.35. The zero-order valence-corrected chi connectivity index (χ0v) is 14.6. The zero-order valence-electron chi connectivity index (χ0n) is 12.2. The second kappa shape index (κ2) is 5.47. The number of halogens is 1. The van der Waals surface area contributed by atoms with Crippen LogP contribution in [-0.2, 0) is 16.4 Å². The third kappa shape index (κ3) is 2.29. The molecule has 2 fully saturated rings. The molecular weight excluding hydrogens is 368 g/mol. The molecule has 2 saturated heterocycles. The molecule has 1 aromatic carbocycles. The zero-order chi connectivity index (χ0) is 15.3.